The van der Waals surface area contributed by atoms with Crippen molar-refractivity contribution in [2.45, 2.75) is 13.8 Å². The zero-order valence-electron chi connectivity index (χ0n) is 5.34. The van der Waals surface area contributed by atoms with E-state index in [-0.39, 0.29) is 11.4 Å². The summed E-state index contributed by atoms with van der Waals surface area (Å²) in [5.74, 6) is -1.29. The van der Waals surface area contributed by atoms with Gasteiger partial charge in [0.15, 0.2) is 5.78 Å². The molecule has 0 rings (SSSR count). The summed E-state index contributed by atoms with van der Waals surface area (Å²) >= 11 is 0. The molecule has 0 fully saturated rings. The molecule has 1 N–H and O–H groups in total. The van der Waals surface area contributed by atoms with E-state index in [1.807, 2.05) is 0 Å². The van der Waals surface area contributed by atoms with E-state index in [1.165, 1.54) is 13.8 Å². The molecule has 0 aliphatic carbocycles. The Labute approximate surface area is 53.0 Å². The molecule has 0 spiro atoms. The molecule has 0 aromatic carbocycles. The van der Waals surface area contributed by atoms with Gasteiger partial charge in [-0.25, -0.2) is 4.79 Å². The maximum absolute atomic E-state index is 10.3. The van der Waals surface area contributed by atoms with Crippen molar-refractivity contribution in [1.82, 2.24) is 0 Å². The lowest BCUT2D eigenvalue weighted by Gasteiger charge is -1.87. The van der Waals surface area contributed by atoms with E-state index in [0.717, 1.165) is 6.08 Å². The van der Waals surface area contributed by atoms with Crippen molar-refractivity contribution < 1.29 is 14.7 Å². The Kier molecular flexibility index (Phi) is 2.64. The van der Waals surface area contributed by atoms with Crippen molar-refractivity contribution in [3.63, 3.8) is 0 Å². The molecule has 0 saturated carbocycles. The quantitative estimate of drug-likeness (QED) is 0.554. The van der Waals surface area contributed by atoms with Gasteiger partial charge >= 0.3 is 5.97 Å². The molecule has 0 heterocycles. The van der Waals surface area contributed by atoms with Crippen LogP contribution in [0, 0.1) is 0 Å². The maximum atomic E-state index is 10.3. The number of carbonyl (C=O) groups excluding carboxylic acids is 1. The molecule has 50 valence electrons. The van der Waals surface area contributed by atoms with Gasteiger partial charge in [0.05, 0.1) is 0 Å². The largest absolute Gasteiger partial charge is 0.478 e. The van der Waals surface area contributed by atoms with Gasteiger partial charge in [-0.05, 0) is 19.4 Å². The van der Waals surface area contributed by atoms with Gasteiger partial charge in [0.1, 0.15) is 0 Å². The second-order valence-corrected chi connectivity index (χ2v) is 1.72. The van der Waals surface area contributed by atoms with Gasteiger partial charge in [-0.3, -0.25) is 4.79 Å². The van der Waals surface area contributed by atoms with Crippen LogP contribution in [-0.4, -0.2) is 16.9 Å². The molecule has 0 saturated heterocycles. The average Bonchev–Trinajstić information content (AvgIpc) is 1.63. The number of carboxylic acids is 1. The fraction of sp³-hybridized carbons (Fsp3) is 0.333. The normalized spacial score (nSPS) is 11.1. The molecule has 0 aliphatic heterocycles. The van der Waals surface area contributed by atoms with Gasteiger partial charge in [-0.15, -0.1) is 0 Å². The van der Waals surface area contributed by atoms with E-state index >= 15 is 0 Å². The second kappa shape index (κ2) is 3.02. The van der Waals surface area contributed by atoms with E-state index in [0.29, 0.717) is 0 Å². The van der Waals surface area contributed by atoms with Crippen LogP contribution >= 0.6 is 0 Å². The molecule has 3 heteroatoms. The molecule has 0 atom stereocenters. The molecule has 9 heavy (non-hydrogen) atoms. The number of Topliss-reactive ketones (excluding diaryl/α,β-unsaturated/α-hetero) is 1. The zero-order valence-corrected chi connectivity index (χ0v) is 5.34. The van der Waals surface area contributed by atoms with Gasteiger partial charge in [0.2, 0.25) is 0 Å². The predicted molar refractivity (Wildman–Crippen MR) is 32.1 cm³/mol. The molecule has 0 radical (unpaired) electrons. The Morgan fingerprint density at radius 1 is 1.33 bits per heavy atom. The minimum atomic E-state index is -1.08. The Morgan fingerprint density at radius 3 is 1.89 bits per heavy atom. The van der Waals surface area contributed by atoms with Crippen LogP contribution in [0.3, 0.4) is 0 Å². The van der Waals surface area contributed by atoms with Crippen LogP contribution in [0.25, 0.3) is 0 Å². The van der Waals surface area contributed by atoms with Crippen LogP contribution in [0.15, 0.2) is 11.6 Å². The van der Waals surface area contributed by atoms with Crippen LogP contribution in [0.1, 0.15) is 13.8 Å². The maximum Gasteiger partial charge on any atom is 0.328 e. The molecule has 0 unspecified atom stereocenters. The first-order valence-corrected chi connectivity index (χ1v) is 2.46. The number of hydrogen-bond donors (Lipinski definition) is 1. The van der Waals surface area contributed by atoms with E-state index in [4.69, 9.17) is 5.11 Å². The third-order valence-electron chi connectivity index (χ3n) is 0.895. The number of hydrogen-bond acceptors (Lipinski definition) is 2. The van der Waals surface area contributed by atoms with Crippen LogP contribution in [0.5, 0.6) is 0 Å². The summed E-state index contributed by atoms with van der Waals surface area (Å²) in [5.41, 5.74) is 0.266. The lowest BCUT2D eigenvalue weighted by molar-refractivity contribution is -0.131. The summed E-state index contributed by atoms with van der Waals surface area (Å²) in [4.78, 5) is 20.2. The van der Waals surface area contributed by atoms with Crippen LogP contribution in [0.4, 0.5) is 0 Å². The molecular weight excluding hydrogens is 120 g/mol. The third-order valence-corrected chi connectivity index (χ3v) is 0.895. The number of allylic oxidation sites excluding steroid dienone is 1. The number of carbonyl (C=O) groups is 2. The van der Waals surface area contributed by atoms with Gasteiger partial charge in [-0.2, -0.15) is 0 Å². The SMILES string of the molecule is CC(=O)C(C)=CC(=O)O. The van der Waals surface area contributed by atoms with Crippen molar-refractivity contribution in [3.05, 3.63) is 11.6 Å². The van der Waals surface area contributed by atoms with Crippen LogP contribution in [-0.2, 0) is 9.59 Å². The zero-order chi connectivity index (χ0) is 7.44. The highest BCUT2D eigenvalue weighted by Crippen LogP contribution is 1.91. The Balaban J connectivity index is 4.17. The smallest absolute Gasteiger partial charge is 0.328 e. The van der Waals surface area contributed by atoms with Crippen LogP contribution in [0.2, 0.25) is 0 Å². The fourth-order valence-corrected chi connectivity index (χ4v) is 0.287. The van der Waals surface area contributed by atoms with E-state index in [2.05, 4.69) is 0 Å². The summed E-state index contributed by atoms with van der Waals surface area (Å²) in [6, 6.07) is 0. The Bertz CT molecular complexity index is 167. The van der Waals surface area contributed by atoms with Gasteiger partial charge < -0.3 is 5.11 Å². The third kappa shape index (κ3) is 3.46. The standard InChI is InChI=1S/C6H8O3/c1-4(5(2)7)3-6(8)9/h3H,1-2H3,(H,8,9). The highest BCUT2D eigenvalue weighted by atomic mass is 16.4. The van der Waals surface area contributed by atoms with Gasteiger partial charge in [0, 0.05) is 6.08 Å². The molecule has 0 amide bonds. The lowest BCUT2D eigenvalue weighted by Crippen LogP contribution is -1.96. The van der Waals surface area contributed by atoms with Crippen molar-refractivity contribution in [2.24, 2.45) is 0 Å². The first-order chi connectivity index (χ1) is 4.04. The topological polar surface area (TPSA) is 54.4 Å². The number of aliphatic carboxylic acids is 1. The summed E-state index contributed by atoms with van der Waals surface area (Å²) in [7, 11) is 0. The Morgan fingerprint density at radius 2 is 1.78 bits per heavy atom. The van der Waals surface area contributed by atoms with E-state index in [9.17, 15) is 9.59 Å². The first-order valence-electron chi connectivity index (χ1n) is 2.46. The van der Waals surface area contributed by atoms with Crippen molar-refractivity contribution in [2.75, 3.05) is 0 Å². The number of rotatable bonds is 2. The second-order valence-electron chi connectivity index (χ2n) is 1.72. The summed E-state index contributed by atoms with van der Waals surface area (Å²) in [6.07, 6.45) is 0.891. The summed E-state index contributed by atoms with van der Waals surface area (Å²) in [6.45, 7) is 2.80. The average molecular weight is 128 g/mol. The first kappa shape index (κ1) is 7.88. The molecule has 3 nitrogen and oxygen atoms in total. The number of carboxylic acid groups (broad SMARTS) is 1. The van der Waals surface area contributed by atoms with Crippen molar-refractivity contribution in [3.8, 4) is 0 Å². The Hall–Kier alpha value is -1.12. The van der Waals surface area contributed by atoms with Gasteiger partial charge in [0.25, 0.3) is 0 Å². The monoisotopic (exact) mass is 128 g/mol. The minimum Gasteiger partial charge on any atom is -0.478 e. The predicted octanol–water partition coefficient (Wildman–Crippen LogP) is 0.606. The molecule has 0 aliphatic rings. The van der Waals surface area contributed by atoms with Crippen molar-refractivity contribution in [1.29, 1.82) is 0 Å². The van der Waals surface area contributed by atoms with Crippen LogP contribution < -0.4 is 0 Å². The lowest BCUT2D eigenvalue weighted by atomic mass is 10.2. The molecular formula is C6H8O3. The molecule has 0 bridgehead atoms. The van der Waals surface area contributed by atoms with Gasteiger partial charge in [-0.1, -0.05) is 0 Å². The molecule has 0 aromatic heterocycles. The summed E-state index contributed by atoms with van der Waals surface area (Å²) in [5, 5.41) is 8.10. The highest BCUT2D eigenvalue weighted by molar-refractivity contribution is 5.98. The van der Waals surface area contributed by atoms with Crippen molar-refractivity contribution >= 4 is 11.8 Å². The highest BCUT2D eigenvalue weighted by Gasteiger charge is 1.97. The number of ketones is 1. The van der Waals surface area contributed by atoms with E-state index in [1.54, 1.807) is 0 Å². The fourth-order valence-electron chi connectivity index (χ4n) is 0.287. The minimum absolute atomic E-state index is 0.211. The molecule has 0 aromatic rings. The van der Waals surface area contributed by atoms with E-state index < -0.39 is 5.97 Å². The summed E-state index contributed by atoms with van der Waals surface area (Å²) < 4.78 is 0.